The number of carbonyl (C=O) groups excluding carboxylic acids is 2. The van der Waals surface area contributed by atoms with E-state index in [0.717, 1.165) is 31.4 Å². The molecule has 1 amide bonds. The number of amides is 1. The number of carbonyl (C=O) groups is 2. The number of nitrogens with zero attached hydrogens (tertiary/aromatic N) is 2. The molecule has 3 atom stereocenters. The number of aromatic nitrogens is 1. The van der Waals surface area contributed by atoms with E-state index in [-0.39, 0.29) is 29.8 Å². The van der Waals surface area contributed by atoms with Gasteiger partial charge in [0.1, 0.15) is 11.5 Å². The van der Waals surface area contributed by atoms with Gasteiger partial charge in [-0.2, -0.15) is 4.31 Å². The Morgan fingerprint density at radius 1 is 1.07 bits per heavy atom. The van der Waals surface area contributed by atoms with Gasteiger partial charge in [-0.05, 0) is 51.4 Å². The first kappa shape index (κ1) is 19.2. The van der Waals surface area contributed by atoms with E-state index in [2.05, 4.69) is 10.5 Å². The number of hydrogen-bond acceptors (Lipinski definition) is 6. The number of Topliss-reactive ketones (excluding diaryl/α,β-unsaturated/α-hetero) is 1. The van der Waals surface area contributed by atoms with Gasteiger partial charge in [0.25, 0.3) is 5.91 Å². The second-order valence-electron chi connectivity index (χ2n) is 9.03. The van der Waals surface area contributed by atoms with E-state index in [1.54, 1.807) is 10.4 Å². The molecule has 2 aliphatic carbocycles. The van der Waals surface area contributed by atoms with Crippen LogP contribution >= 0.6 is 0 Å². The molecule has 1 aromatic rings. The molecule has 29 heavy (non-hydrogen) atoms. The Kier molecular flexibility index (Phi) is 4.77. The summed E-state index contributed by atoms with van der Waals surface area (Å²) in [6.07, 6.45) is 6.69. The van der Waals surface area contributed by atoms with Gasteiger partial charge in [0, 0.05) is 43.0 Å². The fraction of sp³-hybridized carbons (Fsp3) is 0.750. The van der Waals surface area contributed by atoms with E-state index in [0.29, 0.717) is 50.1 Å². The van der Waals surface area contributed by atoms with Crippen LogP contribution in [0.2, 0.25) is 0 Å². The molecule has 2 aliphatic heterocycles. The highest BCUT2D eigenvalue weighted by molar-refractivity contribution is 7.89. The third kappa shape index (κ3) is 3.63. The van der Waals surface area contributed by atoms with Gasteiger partial charge in [0.15, 0.2) is 5.69 Å². The Morgan fingerprint density at radius 2 is 1.72 bits per heavy atom. The van der Waals surface area contributed by atoms with Crippen LogP contribution < -0.4 is 5.32 Å². The topological polar surface area (TPSA) is 110 Å². The molecule has 5 rings (SSSR count). The zero-order valence-electron chi connectivity index (χ0n) is 16.4. The molecular weight excluding hydrogens is 394 g/mol. The summed E-state index contributed by atoms with van der Waals surface area (Å²) < 4.78 is 33.5. The molecule has 0 radical (unpaired) electrons. The number of sulfonamides is 1. The maximum atomic E-state index is 13.2. The standard InChI is InChI=1S/C20H27N3O5S/c24-16-5-7-17(8-6-16)29(26,27)23-14-3-4-15(23)10-13(9-14)21-20(25)18-11-19(28-22-18)12-1-2-12/h11-15,17H,1-10H2,(H,21,25)/t13-,14-,15+. The lowest BCUT2D eigenvalue weighted by atomic mass is 9.99. The predicted molar refractivity (Wildman–Crippen MR) is 104 cm³/mol. The quantitative estimate of drug-likeness (QED) is 0.780. The number of fused-ring (bicyclic) bond motifs is 2. The van der Waals surface area contributed by atoms with Crippen molar-refractivity contribution in [3.63, 3.8) is 0 Å². The van der Waals surface area contributed by atoms with Gasteiger partial charge >= 0.3 is 0 Å². The van der Waals surface area contributed by atoms with E-state index in [9.17, 15) is 18.0 Å². The highest BCUT2D eigenvalue weighted by atomic mass is 32.2. The van der Waals surface area contributed by atoms with E-state index in [1.807, 2.05) is 0 Å². The lowest BCUT2D eigenvalue weighted by Crippen LogP contribution is -2.54. The molecule has 2 saturated carbocycles. The Balaban J connectivity index is 1.23. The Bertz CT molecular complexity index is 898. The summed E-state index contributed by atoms with van der Waals surface area (Å²) in [5.74, 6) is 1.11. The molecule has 2 saturated heterocycles. The maximum absolute atomic E-state index is 13.2. The van der Waals surface area contributed by atoms with Crippen LogP contribution in [0.15, 0.2) is 10.6 Å². The highest BCUT2D eigenvalue weighted by Crippen LogP contribution is 2.41. The monoisotopic (exact) mass is 421 g/mol. The summed E-state index contributed by atoms with van der Waals surface area (Å²) in [5, 5.41) is 6.50. The molecule has 1 aromatic heterocycles. The fourth-order valence-electron chi connectivity index (χ4n) is 5.27. The third-order valence-electron chi connectivity index (χ3n) is 6.95. The number of nitrogens with one attached hydrogen (secondary N) is 1. The molecule has 9 heteroatoms. The Hall–Kier alpha value is -1.74. The first-order chi connectivity index (χ1) is 13.9. The second kappa shape index (κ2) is 7.19. The van der Waals surface area contributed by atoms with Crippen molar-refractivity contribution in [3.05, 3.63) is 17.5 Å². The van der Waals surface area contributed by atoms with Crippen molar-refractivity contribution in [2.24, 2.45) is 0 Å². The summed E-state index contributed by atoms with van der Waals surface area (Å²) in [5.41, 5.74) is 0.307. The highest BCUT2D eigenvalue weighted by Gasteiger charge is 2.49. The number of piperidine rings is 1. The first-order valence-electron chi connectivity index (χ1n) is 10.7. The summed E-state index contributed by atoms with van der Waals surface area (Å²) in [7, 11) is -3.41. The lowest BCUT2D eigenvalue weighted by molar-refractivity contribution is -0.120. The van der Waals surface area contributed by atoms with Crippen LogP contribution in [-0.2, 0) is 14.8 Å². The molecule has 1 N–H and O–H groups in total. The van der Waals surface area contributed by atoms with E-state index in [4.69, 9.17) is 4.52 Å². The number of ketones is 1. The lowest BCUT2D eigenvalue weighted by Gasteiger charge is -2.40. The average molecular weight is 422 g/mol. The molecule has 8 nitrogen and oxygen atoms in total. The normalized spacial score (nSPS) is 31.2. The number of hydrogen-bond donors (Lipinski definition) is 1. The smallest absolute Gasteiger partial charge is 0.273 e. The third-order valence-corrected chi connectivity index (χ3v) is 9.45. The predicted octanol–water partition coefficient (Wildman–Crippen LogP) is 2.12. The van der Waals surface area contributed by atoms with Crippen molar-refractivity contribution >= 4 is 21.7 Å². The van der Waals surface area contributed by atoms with Crippen molar-refractivity contribution in [2.75, 3.05) is 0 Å². The van der Waals surface area contributed by atoms with Crippen LogP contribution in [0.25, 0.3) is 0 Å². The van der Waals surface area contributed by atoms with Crippen molar-refractivity contribution in [3.8, 4) is 0 Å². The van der Waals surface area contributed by atoms with Gasteiger partial charge < -0.3 is 9.84 Å². The molecule has 0 aromatic carbocycles. The van der Waals surface area contributed by atoms with Crippen LogP contribution in [0.1, 0.15) is 86.4 Å². The van der Waals surface area contributed by atoms with Gasteiger partial charge in [-0.1, -0.05) is 5.16 Å². The molecular formula is C20H27N3O5S. The van der Waals surface area contributed by atoms with Crippen LogP contribution in [0.5, 0.6) is 0 Å². The summed E-state index contributed by atoms with van der Waals surface area (Å²) in [6, 6.07) is 1.54. The van der Waals surface area contributed by atoms with Gasteiger partial charge in [-0.3, -0.25) is 9.59 Å². The van der Waals surface area contributed by atoms with Crippen LogP contribution in [0.4, 0.5) is 0 Å². The molecule has 2 bridgehead atoms. The molecule has 4 aliphatic rings. The second-order valence-corrected chi connectivity index (χ2v) is 11.1. The Labute approximate surface area is 170 Å². The van der Waals surface area contributed by atoms with E-state index >= 15 is 0 Å². The Morgan fingerprint density at radius 3 is 2.34 bits per heavy atom. The van der Waals surface area contributed by atoms with Crippen LogP contribution in [-0.4, -0.2) is 52.9 Å². The van der Waals surface area contributed by atoms with Crippen molar-refractivity contribution < 1.29 is 22.5 Å². The SMILES string of the molecule is O=C1CCC(S(=O)(=O)N2[C@@H]3CC[C@H]2C[C@H](NC(=O)c2cc(C4CC4)on2)C3)CC1. The van der Waals surface area contributed by atoms with Gasteiger partial charge in [0.05, 0.1) is 5.25 Å². The minimum absolute atomic E-state index is 0.0551. The summed E-state index contributed by atoms with van der Waals surface area (Å²) in [4.78, 5) is 24.1. The first-order valence-corrected chi connectivity index (χ1v) is 12.2. The zero-order chi connectivity index (χ0) is 20.2. The average Bonchev–Trinajstić information content (AvgIpc) is 3.34. The summed E-state index contributed by atoms with van der Waals surface area (Å²) >= 11 is 0. The molecule has 0 unspecified atom stereocenters. The zero-order valence-corrected chi connectivity index (χ0v) is 17.2. The van der Waals surface area contributed by atoms with Gasteiger partial charge in [-0.15, -0.1) is 0 Å². The summed E-state index contributed by atoms with van der Waals surface area (Å²) in [6.45, 7) is 0. The van der Waals surface area contributed by atoms with Crippen molar-refractivity contribution in [1.29, 1.82) is 0 Å². The molecule has 4 fully saturated rings. The van der Waals surface area contributed by atoms with Crippen molar-refractivity contribution in [1.82, 2.24) is 14.8 Å². The van der Waals surface area contributed by atoms with Gasteiger partial charge in [0.2, 0.25) is 10.0 Å². The minimum Gasteiger partial charge on any atom is -0.360 e. The molecule has 3 heterocycles. The number of rotatable bonds is 5. The van der Waals surface area contributed by atoms with Gasteiger partial charge in [-0.25, -0.2) is 8.42 Å². The molecule has 158 valence electrons. The minimum atomic E-state index is -3.41. The maximum Gasteiger partial charge on any atom is 0.273 e. The molecule has 0 spiro atoms. The van der Waals surface area contributed by atoms with E-state index in [1.165, 1.54) is 0 Å². The van der Waals surface area contributed by atoms with E-state index < -0.39 is 15.3 Å². The van der Waals surface area contributed by atoms with Crippen molar-refractivity contribution in [2.45, 2.75) is 93.5 Å². The fourth-order valence-corrected chi connectivity index (χ4v) is 7.66. The van der Waals surface area contributed by atoms with Crippen LogP contribution in [0.3, 0.4) is 0 Å². The largest absolute Gasteiger partial charge is 0.360 e. The van der Waals surface area contributed by atoms with Crippen LogP contribution in [0, 0.1) is 0 Å².